The molecule has 0 saturated heterocycles. The molecule has 0 fully saturated rings. The summed E-state index contributed by atoms with van der Waals surface area (Å²) in [7, 11) is 0. The number of benzene rings is 2. The van der Waals surface area contributed by atoms with Gasteiger partial charge in [-0.1, -0.05) is 30.3 Å². The first kappa shape index (κ1) is 16.5. The zero-order valence-electron chi connectivity index (χ0n) is 14.2. The molecule has 0 saturated carbocycles. The number of halogens is 1. The molecule has 0 amide bonds. The maximum absolute atomic E-state index is 14.4. The summed E-state index contributed by atoms with van der Waals surface area (Å²) in [6.45, 7) is 0.500. The van der Waals surface area contributed by atoms with Crippen LogP contribution in [0.2, 0.25) is 0 Å². The summed E-state index contributed by atoms with van der Waals surface area (Å²) in [4.78, 5) is 3.20. The van der Waals surface area contributed by atoms with Gasteiger partial charge in [0.25, 0.3) is 0 Å². The van der Waals surface area contributed by atoms with E-state index in [4.69, 9.17) is 4.74 Å². The van der Waals surface area contributed by atoms with E-state index in [2.05, 4.69) is 15.2 Å². The van der Waals surface area contributed by atoms with E-state index >= 15 is 0 Å². The number of aromatic nitrogens is 4. The molecule has 0 bridgehead atoms. The second kappa shape index (κ2) is 7.49. The second-order valence-corrected chi connectivity index (χ2v) is 6.22. The van der Waals surface area contributed by atoms with Gasteiger partial charge < -0.3 is 9.72 Å². The number of hydrogen-bond donors (Lipinski definition) is 1. The fourth-order valence-corrected chi connectivity index (χ4v) is 3.01. The Labute approximate surface area is 150 Å². The summed E-state index contributed by atoms with van der Waals surface area (Å²) in [5, 5.41) is 8.65. The van der Waals surface area contributed by atoms with E-state index in [1.807, 2.05) is 59.3 Å². The molecule has 2 heterocycles. The number of H-pyrrole nitrogens is 1. The van der Waals surface area contributed by atoms with Gasteiger partial charge in [-0.05, 0) is 29.3 Å². The molecule has 132 valence electrons. The largest absolute Gasteiger partial charge is 0.374 e. The van der Waals surface area contributed by atoms with Crippen molar-refractivity contribution in [2.45, 2.75) is 19.2 Å². The van der Waals surface area contributed by atoms with Crippen LogP contribution >= 0.6 is 0 Å². The van der Waals surface area contributed by atoms with Crippen LogP contribution in [0.15, 0.2) is 67.4 Å². The summed E-state index contributed by atoms with van der Waals surface area (Å²) < 4.78 is 21.8. The monoisotopic (exact) mass is 350 g/mol. The van der Waals surface area contributed by atoms with Crippen LogP contribution in [-0.4, -0.2) is 32.5 Å². The SMILES string of the molecule is FC(COCc1ccccc1)Cc1c[nH]c2ccc(-n3cnnc3)cc12. The Morgan fingerprint density at radius 3 is 2.69 bits per heavy atom. The fourth-order valence-electron chi connectivity index (χ4n) is 3.01. The van der Waals surface area contributed by atoms with Crippen molar-refractivity contribution in [1.82, 2.24) is 19.7 Å². The maximum atomic E-state index is 14.4. The molecule has 4 aromatic rings. The van der Waals surface area contributed by atoms with Crippen LogP contribution in [0.25, 0.3) is 16.6 Å². The predicted octanol–water partition coefficient (Wildman–Crippen LogP) is 3.85. The van der Waals surface area contributed by atoms with Crippen molar-refractivity contribution in [2.24, 2.45) is 0 Å². The average Bonchev–Trinajstić information content (AvgIpc) is 3.33. The van der Waals surface area contributed by atoms with Gasteiger partial charge >= 0.3 is 0 Å². The summed E-state index contributed by atoms with van der Waals surface area (Å²) >= 11 is 0. The van der Waals surface area contributed by atoms with E-state index in [0.717, 1.165) is 27.7 Å². The van der Waals surface area contributed by atoms with Crippen LogP contribution in [0.5, 0.6) is 0 Å². The molecule has 1 atom stereocenters. The number of ether oxygens (including phenoxy) is 1. The lowest BCUT2D eigenvalue weighted by molar-refractivity contribution is 0.0699. The number of nitrogens with one attached hydrogen (secondary N) is 1. The molecule has 0 aliphatic heterocycles. The van der Waals surface area contributed by atoms with Crippen molar-refractivity contribution in [3.05, 3.63) is 78.5 Å². The van der Waals surface area contributed by atoms with Crippen LogP contribution in [-0.2, 0) is 17.8 Å². The van der Waals surface area contributed by atoms with Crippen molar-refractivity contribution < 1.29 is 9.13 Å². The third-order valence-corrected chi connectivity index (χ3v) is 4.32. The first-order valence-corrected chi connectivity index (χ1v) is 8.50. The molecular formula is C20H19FN4O. The minimum atomic E-state index is -1.06. The Morgan fingerprint density at radius 1 is 1.08 bits per heavy atom. The zero-order chi connectivity index (χ0) is 17.8. The zero-order valence-corrected chi connectivity index (χ0v) is 14.2. The molecule has 2 aromatic carbocycles. The van der Waals surface area contributed by atoms with Gasteiger partial charge in [0.2, 0.25) is 0 Å². The lowest BCUT2D eigenvalue weighted by Crippen LogP contribution is -2.13. The molecule has 1 unspecified atom stereocenters. The Bertz CT molecular complexity index is 966. The molecule has 26 heavy (non-hydrogen) atoms. The number of alkyl halides is 1. The van der Waals surface area contributed by atoms with Gasteiger partial charge in [-0.15, -0.1) is 10.2 Å². The predicted molar refractivity (Wildman–Crippen MR) is 97.9 cm³/mol. The highest BCUT2D eigenvalue weighted by Crippen LogP contribution is 2.23. The summed E-state index contributed by atoms with van der Waals surface area (Å²) in [6, 6.07) is 15.8. The number of nitrogens with zero attached hydrogens (tertiary/aromatic N) is 3. The number of hydrogen-bond acceptors (Lipinski definition) is 3. The molecule has 0 aliphatic rings. The highest BCUT2D eigenvalue weighted by Gasteiger charge is 2.13. The molecule has 0 spiro atoms. The van der Waals surface area contributed by atoms with E-state index in [-0.39, 0.29) is 6.61 Å². The van der Waals surface area contributed by atoms with Gasteiger partial charge in [0, 0.05) is 29.2 Å². The van der Waals surface area contributed by atoms with Crippen molar-refractivity contribution >= 4 is 10.9 Å². The van der Waals surface area contributed by atoms with E-state index < -0.39 is 6.17 Å². The van der Waals surface area contributed by atoms with Crippen LogP contribution in [0, 0.1) is 0 Å². The first-order valence-electron chi connectivity index (χ1n) is 8.50. The fraction of sp³-hybridized carbons (Fsp3) is 0.200. The molecule has 6 heteroatoms. The highest BCUT2D eigenvalue weighted by molar-refractivity contribution is 5.85. The quantitative estimate of drug-likeness (QED) is 0.551. The van der Waals surface area contributed by atoms with Gasteiger partial charge in [0.1, 0.15) is 18.8 Å². The van der Waals surface area contributed by atoms with Crippen molar-refractivity contribution in [2.75, 3.05) is 6.61 Å². The van der Waals surface area contributed by atoms with Crippen LogP contribution in [0.4, 0.5) is 4.39 Å². The standard InChI is InChI=1S/C20H19FN4O/c21-17(12-26-11-15-4-2-1-3-5-15)8-16-10-22-20-7-6-18(9-19(16)20)25-13-23-24-14-25/h1-7,9-10,13-14,17,22H,8,11-12H2. The van der Waals surface area contributed by atoms with Crippen LogP contribution in [0.3, 0.4) is 0 Å². The lowest BCUT2D eigenvalue weighted by atomic mass is 10.1. The topological polar surface area (TPSA) is 55.7 Å². The smallest absolute Gasteiger partial charge is 0.127 e. The number of aromatic amines is 1. The normalized spacial score (nSPS) is 12.5. The highest BCUT2D eigenvalue weighted by atomic mass is 19.1. The number of fused-ring (bicyclic) bond motifs is 1. The van der Waals surface area contributed by atoms with E-state index in [1.165, 1.54) is 0 Å². The van der Waals surface area contributed by atoms with Gasteiger partial charge in [-0.25, -0.2) is 4.39 Å². The minimum absolute atomic E-state index is 0.0761. The van der Waals surface area contributed by atoms with Crippen LogP contribution < -0.4 is 0 Å². The first-order chi connectivity index (χ1) is 12.8. The average molecular weight is 350 g/mol. The molecule has 0 radical (unpaired) electrons. The van der Waals surface area contributed by atoms with E-state index in [1.54, 1.807) is 12.7 Å². The molecule has 0 aliphatic carbocycles. The van der Waals surface area contributed by atoms with Crippen LogP contribution in [0.1, 0.15) is 11.1 Å². The summed E-state index contributed by atoms with van der Waals surface area (Å²) in [5.41, 5.74) is 3.91. The van der Waals surface area contributed by atoms with Crippen molar-refractivity contribution in [3.8, 4) is 5.69 Å². The molecule has 5 nitrogen and oxygen atoms in total. The third kappa shape index (κ3) is 3.65. The number of rotatable bonds is 7. The van der Waals surface area contributed by atoms with Gasteiger partial charge in [-0.3, -0.25) is 4.57 Å². The van der Waals surface area contributed by atoms with E-state index in [9.17, 15) is 4.39 Å². The lowest BCUT2D eigenvalue weighted by Gasteiger charge is -2.09. The third-order valence-electron chi connectivity index (χ3n) is 4.32. The molecular weight excluding hydrogens is 331 g/mol. The van der Waals surface area contributed by atoms with E-state index in [0.29, 0.717) is 13.0 Å². The summed E-state index contributed by atoms with van der Waals surface area (Å²) in [5.74, 6) is 0. The van der Waals surface area contributed by atoms with Crippen molar-refractivity contribution in [1.29, 1.82) is 0 Å². The summed E-state index contributed by atoms with van der Waals surface area (Å²) in [6.07, 6.45) is 4.40. The Morgan fingerprint density at radius 2 is 1.88 bits per heavy atom. The van der Waals surface area contributed by atoms with Gasteiger partial charge in [-0.2, -0.15) is 0 Å². The Balaban J connectivity index is 1.42. The molecule has 1 N–H and O–H groups in total. The molecule has 2 aromatic heterocycles. The van der Waals surface area contributed by atoms with Gasteiger partial charge in [0.15, 0.2) is 0 Å². The minimum Gasteiger partial charge on any atom is -0.374 e. The Kier molecular flexibility index (Phi) is 4.75. The second-order valence-electron chi connectivity index (χ2n) is 6.22. The van der Waals surface area contributed by atoms with Gasteiger partial charge in [0.05, 0.1) is 13.2 Å². The maximum Gasteiger partial charge on any atom is 0.127 e. The Hall–Kier alpha value is -2.99. The molecule has 4 rings (SSSR count). The van der Waals surface area contributed by atoms with Crippen molar-refractivity contribution in [3.63, 3.8) is 0 Å².